The molecule has 5 N–H and O–H groups in total. The first-order valence-electron chi connectivity index (χ1n) is 52.7. The molecule has 4 aromatic heterocycles. The topological polar surface area (TPSA) is 333 Å². The number of amides is 4. The van der Waals surface area contributed by atoms with Gasteiger partial charge in [-0.2, -0.15) is 29.9 Å². The molecule has 12 aromatic rings. The van der Waals surface area contributed by atoms with Gasteiger partial charge in [0.2, 0.25) is 23.6 Å². The first-order chi connectivity index (χ1) is 73.0. The number of likely N-dealkylation sites (N-methyl/N-ethyl adjacent to an activating group) is 1. The van der Waals surface area contributed by atoms with Crippen molar-refractivity contribution in [2.75, 3.05) is 224 Å². The fraction of sp³-hybridized carbons (Fsp3) is 0.393. The third kappa shape index (κ3) is 23.7. The van der Waals surface area contributed by atoms with E-state index in [0.29, 0.717) is 142 Å². The van der Waals surface area contributed by atoms with Gasteiger partial charge in [0.15, 0.2) is 0 Å². The van der Waals surface area contributed by atoms with E-state index < -0.39 is 0 Å². The molecule has 782 valence electrons. The van der Waals surface area contributed by atoms with Gasteiger partial charge < -0.3 is 103 Å². The molecule has 150 heavy (non-hydrogen) atoms. The minimum absolute atomic E-state index is 0.00499. The van der Waals surface area contributed by atoms with Crippen LogP contribution in [0.5, 0.6) is 41.0 Å². The van der Waals surface area contributed by atoms with Crippen molar-refractivity contribution in [3.63, 3.8) is 0 Å². The number of nitrogens with zero attached hydrogens (tertiary/aromatic N) is 21. The van der Waals surface area contributed by atoms with Crippen molar-refractivity contribution < 1.29 is 58.9 Å². The van der Waals surface area contributed by atoms with Gasteiger partial charge in [-0.3, -0.25) is 29.1 Å². The quantitative estimate of drug-likeness (QED) is 0.0277. The van der Waals surface area contributed by atoms with E-state index in [2.05, 4.69) is 114 Å². The normalized spacial score (nSPS) is 17.8. The number of aliphatic hydroxyl groups is 1. The third-order valence-corrected chi connectivity index (χ3v) is 30.7. The van der Waals surface area contributed by atoms with Gasteiger partial charge in [-0.15, -0.1) is 0 Å². The van der Waals surface area contributed by atoms with Crippen molar-refractivity contribution in [3.05, 3.63) is 266 Å². The van der Waals surface area contributed by atoms with E-state index in [1.165, 1.54) is 60.4 Å². The number of carbonyl (C=O) groups is 4. The SMILES string of the molecule is C=CC(=O)N1CCN(c2ccnc3c2CCN(c2cc(O)cc4ccccc24)C3)CC1.C=CC(=O)N1CCN(c2nc(OCC(CO)N(C)C)nc3c2CCN(c2cc(O)cc4ccccc24)C3)CC1.C=CC(=O)N1CCN(c2nc(OC[C@@H]3CCC(=C)C3)nc3c2CCN(c2cc(O)cc4ccccc24)C3)CC1.C=CC(=O)N1CCN(c2nc(O[C@H](C)CN3CCCCC3)nc3c2CCN(c2cc(O)cc4ccccc24)C3)CC1. The second kappa shape index (κ2) is 47.0. The highest BCUT2D eigenvalue weighted by molar-refractivity contribution is 6.00. The highest BCUT2D eigenvalue weighted by atomic mass is 16.5. The molecular weight excluding hydrogens is 1890 g/mol. The second-order valence-electron chi connectivity index (χ2n) is 40.6. The van der Waals surface area contributed by atoms with Crippen LogP contribution in [0, 0.1) is 5.92 Å². The van der Waals surface area contributed by atoms with Crippen LogP contribution < -0.4 is 53.4 Å². The van der Waals surface area contributed by atoms with Gasteiger partial charge in [0.1, 0.15) is 53.2 Å². The number of fused-ring (bicyclic) bond motifs is 8. The van der Waals surface area contributed by atoms with Crippen LogP contribution in [0.3, 0.4) is 0 Å². The number of phenolic OH excluding ortho intramolecular Hbond substituents is 4. The lowest BCUT2D eigenvalue weighted by atomic mass is 9.99. The summed E-state index contributed by atoms with van der Waals surface area (Å²) in [6, 6.07) is 50.1. The number of aromatic hydroxyl groups is 4. The van der Waals surface area contributed by atoms with Crippen LogP contribution in [0.25, 0.3) is 43.1 Å². The van der Waals surface area contributed by atoms with E-state index in [4.69, 9.17) is 49.1 Å². The summed E-state index contributed by atoms with van der Waals surface area (Å²) in [7, 11) is 3.79. The largest absolute Gasteiger partial charge is 0.508 e. The summed E-state index contributed by atoms with van der Waals surface area (Å²) in [5.41, 5.74) is 15.1. The van der Waals surface area contributed by atoms with Crippen molar-refractivity contribution in [3.8, 4) is 41.0 Å². The lowest BCUT2D eigenvalue weighted by Gasteiger charge is -2.38. The van der Waals surface area contributed by atoms with Gasteiger partial charge in [0, 0.05) is 240 Å². The molecule has 1 unspecified atom stereocenters. The number of aromatic nitrogens is 7. The molecule has 33 heteroatoms. The molecule has 4 amide bonds. The monoisotopic (exact) mass is 2030 g/mol. The summed E-state index contributed by atoms with van der Waals surface area (Å²) < 4.78 is 18.6. The van der Waals surface area contributed by atoms with Crippen LogP contribution in [0.2, 0.25) is 0 Å². The molecule has 3 atom stereocenters. The van der Waals surface area contributed by atoms with Crippen molar-refractivity contribution in [2.24, 2.45) is 5.92 Å². The number of likely N-dealkylation sites (tertiary alicyclic amines) is 1. The van der Waals surface area contributed by atoms with Gasteiger partial charge in [0.25, 0.3) is 0 Å². The van der Waals surface area contributed by atoms with Crippen molar-refractivity contribution >= 4 is 113 Å². The third-order valence-electron chi connectivity index (χ3n) is 30.7. The van der Waals surface area contributed by atoms with Crippen LogP contribution in [-0.4, -0.2) is 310 Å². The fourth-order valence-electron chi connectivity index (χ4n) is 22.6. The molecule has 5 saturated heterocycles. The number of piperazine rings is 4. The number of anilines is 8. The maximum absolute atomic E-state index is 12.2. The minimum Gasteiger partial charge on any atom is -0.508 e. The lowest BCUT2D eigenvalue weighted by Crippen LogP contribution is -2.49. The maximum atomic E-state index is 12.2. The Morgan fingerprint density at radius 3 is 1.10 bits per heavy atom. The zero-order valence-corrected chi connectivity index (χ0v) is 86.4. The Balaban J connectivity index is 0.000000126. The maximum Gasteiger partial charge on any atom is 0.318 e. The second-order valence-corrected chi connectivity index (χ2v) is 40.6. The molecule has 1 saturated carbocycles. The average Bonchev–Trinajstić information content (AvgIpc) is 0.781. The Hall–Kier alpha value is -15.4. The first-order valence-corrected chi connectivity index (χ1v) is 52.7. The Labute approximate surface area is 876 Å². The Bertz CT molecular complexity index is 6990. The molecule has 1 aliphatic carbocycles. The van der Waals surface area contributed by atoms with E-state index in [1.807, 2.05) is 149 Å². The summed E-state index contributed by atoms with van der Waals surface area (Å²) >= 11 is 0. The number of hydrogen-bond donors (Lipinski definition) is 5. The van der Waals surface area contributed by atoms with Crippen LogP contribution in [0.1, 0.15) is 90.5 Å². The average molecular weight is 2030 g/mol. The summed E-state index contributed by atoms with van der Waals surface area (Å²) in [4.78, 5) is 112. The predicted octanol–water partition coefficient (Wildman–Crippen LogP) is 13.8. The van der Waals surface area contributed by atoms with E-state index in [0.717, 1.165) is 227 Å². The number of hydrogen-bond acceptors (Lipinski definition) is 29. The molecule has 13 heterocycles. The van der Waals surface area contributed by atoms with E-state index in [-0.39, 0.29) is 78.0 Å². The van der Waals surface area contributed by atoms with Gasteiger partial charge in [0.05, 0.1) is 68.2 Å². The summed E-state index contributed by atoms with van der Waals surface area (Å²) in [5, 5.41) is 59.8. The molecule has 6 fully saturated rings. The highest BCUT2D eigenvalue weighted by Crippen LogP contribution is 2.44. The van der Waals surface area contributed by atoms with Crippen LogP contribution in [0.15, 0.2) is 221 Å². The fourth-order valence-corrected chi connectivity index (χ4v) is 22.6. The Kier molecular flexibility index (Phi) is 32.4. The number of benzene rings is 8. The molecule has 9 aliphatic heterocycles. The minimum atomic E-state index is -0.184. The first kappa shape index (κ1) is 103. The van der Waals surface area contributed by atoms with Gasteiger partial charge in [-0.05, 0) is 174 Å². The molecule has 0 radical (unpaired) electrons. The van der Waals surface area contributed by atoms with Crippen molar-refractivity contribution in [2.45, 2.75) is 109 Å². The number of rotatable bonds is 24. The number of piperidine rings is 1. The molecule has 33 nitrogen and oxygen atoms in total. The van der Waals surface area contributed by atoms with Gasteiger partial charge >= 0.3 is 18.0 Å². The van der Waals surface area contributed by atoms with Crippen LogP contribution in [0.4, 0.5) is 45.9 Å². The molecule has 8 aromatic carbocycles. The smallest absolute Gasteiger partial charge is 0.318 e. The zero-order chi connectivity index (χ0) is 104. The van der Waals surface area contributed by atoms with Gasteiger partial charge in [-0.1, -0.05) is 142 Å². The number of phenols is 4. The molecule has 10 aliphatic rings. The van der Waals surface area contributed by atoms with Crippen molar-refractivity contribution in [1.82, 2.24) is 64.3 Å². The lowest BCUT2D eigenvalue weighted by molar-refractivity contribution is -0.127. The van der Waals surface area contributed by atoms with E-state index in [1.54, 1.807) is 17.0 Å². The molecule has 0 bridgehead atoms. The number of aliphatic hydroxyl groups excluding tert-OH is 1. The zero-order valence-electron chi connectivity index (χ0n) is 86.4. The van der Waals surface area contributed by atoms with Crippen LogP contribution in [-0.2, 0) is 71.0 Å². The molecular formula is C117H137N21O12. The number of allylic oxidation sites excluding steroid dienone is 1. The Morgan fingerprint density at radius 2 is 0.740 bits per heavy atom. The predicted molar refractivity (Wildman–Crippen MR) is 590 cm³/mol. The van der Waals surface area contributed by atoms with E-state index in [9.17, 15) is 44.7 Å². The van der Waals surface area contributed by atoms with Crippen molar-refractivity contribution in [1.29, 1.82) is 0 Å². The standard InChI is InChI=1S/C32H40N6O3.C31H35N5O3.C29H36N6O4.C25H26N4O2/c1-3-30(40)36-15-17-37(18-16-36)31-27-11-14-38(29-20-25(39)19-24-9-5-6-10-26(24)29)22-28(27)33-32(34-31)41-23(2)21-35-12-7-4-8-13-35;1-3-29(38)34-12-14-35(15-13-34)30-26-10-11-36(28-18-24(37)17-23-6-4-5-7-25(23)28)19-27(26)32-31(33-30)39-20-22-9-8-21(2)16-22;1-4-27(38)33-11-13-34(14-12-33)28-24-9-10-35(26-16-22(37)15-20-7-5-6-8-23(20)26)17-25(24)30-29(31-28)39-19-21(18-36)32(2)3;1-2-25(31)28-13-11-27(12-14-28)23-7-9-26-22-17-29(10-8-21(22)23)24-16-19(30)15-18-5-3-4-6-20(18)24/h3,5-6,9-10,19-20,23,39H,1,4,7-8,11-18,21-22H2,2H3;3-7,17-18,22,37H,1-2,8-16,19-20H2;4-8,15-16,21,36-37H,1,9-14,17-19H2,2-3H3;2-7,9,15-16,30H,1,8,10-14,17H2/t23-;22-;;/m11../s1. The van der Waals surface area contributed by atoms with Crippen LogP contribution >= 0.6 is 0 Å². The Morgan fingerprint density at radius 1 is 0.393 bits per heavy atom. The summed E-state index contributed by atoms with van der Waals surface area (Å²) in [5.74, 6) is 4.04. The number of carbonyl (C=O) groups excluding carboxylic acids is 4. The summed E-state index contributed by atoms with van der Waals surface area (Å²) in [6.45, 7) is 41.1. The highest BCUT2D eigenvalue weighted by Gasteiger charge is 2.37. The number of ether oxygens (including phenoxy) is 3. The van der Waals surface area contributed by atoms with E-state index >= 15 is 0 Å². The molecule has 0 spiro atoms. The number of pyridine rings is 1. The van der Waals surface area contributed by atoms with Gasteiger partial charge in [-0.25, -0.2) is 0 Å². The summed E-state index contributed by atoms with van der Waals surface area (Å²) in [6.07, 6.45) is 17.5. The molecule has 22 rings (SSSR count).